The maximum atomic E-state index is 13.0. The molecule has 7 nitrogen and oxygen atoms in total. The fourth-order valence-corrected chi connectivity index (χ4v) is 1.84. The Hall–Kier alpha value is -2.38. The lowest BCUT2D eigenvalue weighted by molar-refractivity contribution is -0.137. The van der Waals surface area contributed by atoms with Crippen molar-refractivity contribution < 1.29 is 33.7 Å². The van der Waals surface area contributed by atoms with Gasteiger partial charge in [-0.1, -0.05) is 0 Å². The van der Waals surface area contributed by atoms with Crippen LogP contribution in [0.15, 0.2) is 23.0 Å². The van der Waals surface area contributed by atoms with Crippen LogP contribution in [-0.2, 0) is 14.3 Å². The highest BCUT2D eigenvalue weighted by Crippen LogP contribution is 2.32. The van der Waals surface area contributed by atoms with E-state index in [4.69, 9.17) is 10.2 Å². The minimum absolute atomic E-state index is 0.157. The number of amides is 1. The highest BCUT2D eigenvalue weighted by atomic mass is 19.1. The van der Waals surface area contributed by atoms with Crippen molar-refractivity contribution in [3.8, 4) is 0 Å². The average molecular weight is 273 g/mol. The molecule has 0 bridgehead atoms. The lowest BCUT2D eigenvalue weighted by Crippen LogP contribution is -2.35. The zero-order valence-corrected chi connectivity index (χ0v) is 10.2. The highest BCUT2D eigenvalue weighted by Gasteiger charge is 2.37. The van der Waals surface area contributed by atoms with Crippen molar-refractivity contribution in [1.29, 1.82) is 0 Å². The molecule has 0 aliphatic carbocycles. The number of carboxylic acid groups (broad SMARTS) is 2. The Morgan fingerprint density at radius 3 is 2.37 bits per heavy atom. The van der Waals surface area contributed by atoms with Crippen molar-refractivity contribution in [3.05, 3.63) is 23.0 Å². The van der Waals surface area contributed by atoms with E-state index in [9.17, 15) is 18.8 Å². The Morgan fingerprint density at radius 2 is 2.00 bits per heavy atom. The molecular formula is C11H12FNO6. The lowest BCUT2D eigenvalue weighted by Gasteiger charge is -2.28. The van der Waals surface area contributed by atoms with E-state index < -0.39 is 36.2 Å². The van der Waals surface area contributed by atoms with Crippen molar-refractivity contribution >= 4 is 18.0 Å². The van der Waals surface area contributed by atoms with Crippen molar-refractivity contribution in [2.45, 2.75) is 6.92 Å². The molecule has 19 heavy (non-hydrogen) atoms. The number of alkyl halides is 1. The van der Waals surface area contributed by atoms with E-state index in [1.165, 1.54) is 6.92 Å². The van der Waals surface area contributed by atoms with Gasteiger partial charge in [-0.2, -0.15) is 0 Å². The summed E-state index contributed by atoms with van der Waals surface area (Å²) in [6.45, 7) is 0.0815. The maximum absolute atomic E-state index is 13.0. The van der Waals surface area contributed by atoms with E-state index in [2.05, 4.69) is 4.74 Å². The quantitative estimate of drug-likeness (QED) is 0.743. The second kappa shape index (κ2) is 5.51. The molecule has 1 heterocycles. The molecular weight excluding hydrogens is 261 g/mol. The van der Waals surface area contributed by atoms with Gasteiger partial charge in [0.05, 0.1) is 24.2 Å². The maximum Gasteiger partial charge on any atom is 0.415 e. The van der Waals surface area contributed by atoms with Gasteiger partial charge in [0.2, 0.25) is 0 Å². The number of carbonyl (C=O) groups excluding carboxylic acids is 1. The number of hydrogen-bond donors (Lipinski definition) is 2. The Labute approximate surface area is 107 Å². The first-order chi connectivity index (χ1) is 8.84. The molecule has 1 rings (SSSR count). The summed E-state index contributed by atoms with van der Waals surface area (Å²) in [5.41, 5.74) is -0.987. The van der Waals surface area contributed by atoms with Crippen molar-refractivity contribution in [1.82, 2.24) is 4.90 Å². The lowest BCUT2D eigenvalue weighted by atomic mass is 9.88. The molecule has 1 aliphatic rings. The number of esters is 1. The predicted molar refractivity (Wildman–Crippen MR) is 59.8 cm³/mol. The Balaban J connectivity index is 3.42. The SMILES string of the molecule is COC(=O)C1=CN(C(=O)O)C(C)=C(C(=O)O)C1CF. The molecule has 0 aromatic rings. The summed E-state index contributed by atoms with van der Waals surface area (Å²) >= 11 is 0. The molecule has 0 saturated heterocycles. The number of carboxylic acids is 1. The molecule has 0 aromatic heterocycles. The summed E-state index contributed by atoms with van der Waals surface area (Å²) in [6, 6.07) is 0. The fourth-order valence-electron chi connectivity index (χ4n) is 1.84. The molecule has 1 aliphatic heterocycles. The van der Waals surface area contributed by atoms with E-state index in [1.807, 2.05) is 0 Å². The molecule has 104 valence electrons. The molecule has 0 saturated carbocycles. The number of allylic oxidation sites excluding steroid dienone is 1. The molecule has 0 fully saturated rings. The molecule has 0 aromatic carbocycles. The summed E-state index contributed by atoms with van der Waals surface area (Å²) in [4.78, 5) is 34.2. The van der Waals surface area contributed by atoms with Crippen LogP contribution in [0, 0.1) is 5.92 Å². The normalized spacial score (nSPS) is 19.0. The van der Waals surface area contributed by atoms with Gasteiger partial charge in [-0.15, -0.1) is 0 Å². The second-order valence-electron chi connectivity index (χ2n) is 3.74. The fraction of sp³-hybridized carbons (Fsp3) is 0.364. The Bertz CT molecular complexity index is 495. The van der Waals surface area contributed by atoms with Crippen LogP contribution in [0.3, 0.4) is 0 Å². The van der Waals surface area contributed by atoms with E-state index in [0.717, 1.165) is 13.3 Å². The zero-order chi connectivity index (χ0) is 14.7. The number of ether oxygens (including phenoxy) is 1. The molecule has 0 radical (unpaired) electrons. The third kappa shape index (κ3) is 2.56. The molecule has 2 N–H and O–H groups in total. The van der Waals surface area contributed by atoms with Crippen LogP contribution < -0.4 is 0 Å². The number of hydrogen-bond acceptors (Lipinski definition) is 4. The molecule has 1 unspecified atom stereocenters. The summed E-state index contributed by atoms with van der Waals surface area (Å²) < 4.78 is 17.4. The third-order valence-electron chi connectivity index (χ3n) is 2.76. The average Bonchev–Trinajstić information content (AvgIpc) is 2.35. The van der Waals surface area contributed by atoms with Crippen molar-refractivity contribution in [2.24, 2.45) is 5.92 Å². The van der Waals surface area contributed by atoms with Gasteiger partial charge in [0.1, 0.15) is 6.67 Å². The van der Waals surface area contributed by atoms with Gasteiger partial charge < -0.3 is 14.9 Å². The summed E-state index contributed by atoms with van der Waals surface area (Å²) in [7, 11) is 1.04. The van der Waals surface area contributed by atoms with Crippen LogP contribution in [0.25, 0.3) is 0 Å². The van der Waals surface area contributed by atoms with Gasteiger partial charge in [-0.3, -0.25) is 9.29 Å². The minimum atomic E-state index is -1.49. The largest absolute Gasteiger partial charge is 0.478 e. The number of halogens is 1. The van der Waals surface area contributed by atoms with Gasteiger partial charge in [-0.25, -0.2) is 14.4 Å². The highest BCUT2D eigenvalue weighted by molar-refractivity contribution is 5.97. The summed E-state index contributed by atoms with van der Waals surface area (Å²) in [5, 5.41) is 18.0. The zero-order valence-electron chi connectivity index (χ0n) is 10.2. The minimum Gasteiger partial charge on any atom is -0.478 e. The first-order valence-electron chi connectivity index (χ1n) is 5.17. The number of nitrogens with zero attached hydrogens (tertiary/aromatic N) is 1. The first-order valence-corrected chi connectivity index (χ1v) is 5.17. The van der Waals surface area contributed by atoms with Gasteiger partial charge in [-0.05, 0) is 6.92 Å². The number of methoxy groups -OCH3 is 1. The van der Waals surface area contributed by atoms with Crippen LogP contribution >= 0.6 is 0 Å². The monoisotopic (exact) mass is 273 g/mol. The van der Waals surface area contributed by atoms with Crippen LogP contribution in [0.2, 0.25) is 0 Å². The van der Waals surface area contributed by atoms with Gasteiger partial charge in [0, 0.05) is 11.9 Å². The van der Waals surface area contributed by atoms with Gasteiger partial charge in [0.15, 0.2) is 0 Å². The first kappa shape index (κ1) is 14.7. The number of aliphatic carboxylic acids is 1. The standard InChI is InChI=1S/C11H12FNO6/c1-5-8(9(14)15)6(3-12)7(10(16)19-2)4-13(5)11(17)18/h4,6H,3H2,1-2H3,(H,14,15)(H,17,18). The Kier molecular flexibility index (Phi) is 4.26. The van der Waals surface area contributed by atoms with E-state index in [1.54, 1.807) is 0 Å². The van der Waals surface area contributed by atoms with Crippen LogP contribution in [0.5, 0.6) is 0 Å². The van der Waals surface area contributed by atoms with Crippen LogP contribution in [0.4, 0.5) is 9.18 Å². The topological polar surface area (TPSA) is 104 Å². The van der Waals surface area contributed by atoms with Crippen molar-refractivity contribution in [2.75, 3.05) is 13.8 Å². The number of carbonyl (C=O) groups is 3. The van der Waals surface area contributed by atoms with Gasteiger partial charge >= 0.3 is 18.0 Å². The van der Waals surface area contributed by atoms with Crippen molar-refractivity contribution in [3.63, 3.8) is 0 Å². The van der Waals surface area contributed by atoms with E-state index >= 15 is 0 Å². The number of rotatable bonds is 3. The Morgan fingerprint density at radius 1 is 1.42 bits per heavy atom. The molecule has 0 spiro atoms. The van der Waals surface area contributed by atoms with Crippen LogP contribution in [-0.4, -0.2) is 46.9 Å². The van der Waals surface area contributed by atoms with E-state index in [0.29, 0.717) is 4.90 Å². The van der Waals surface area contributed by atoms with E-state index in [-0.39, 0.29) is 11.3 Å². The smallest absolute Gasteiger partial charge is 0.415 e. The molecule has 1 atom stereocenters. The van der Waals surface area contributed by atoms with Crippen LogP contribution in [0.1, 0.15) is 6.92 Å². The molecule has 1 amide bonds. The second-order valence-corrected chi connectivity index (χ2v) is 3.74. The summed E-state index contributed by atoms with van der Waals surface area (Å²) in [5.74, 6) is -3.80. The summed E-state index contributed by atoms with van der Waals surface area (Å²) in [6.07, 6.45) is -0.602. The van der Waals surface area contributed by atoms with Gasteiger partial charge in [0.25, 0.3) is 0 Å². The molecule has 8 heteroatoms. The predicted octanol–water partition coefficient (Wildman–Crippen LogP) is 0.981. The third-order valence-corrected chi connectivity index (χ3v) is 2.76.